The van der Waals surface area contributed by atoms with Crippen LogP contribution in [0.1, 0.15) is 6.92 Å². The number of hydrogen-bond donors (Lipinski definition) is 2. The Hall–Kier alpha value is -0.640. The number of hydrogen-bond acceptors (Lipinski definition) is 2. The smallest absolute Gasteiger partial charge is 0.388 e. The van der Waals surface area contributed by atoms with Crippen molar-refractivity contribution in [3.63, 3.8) is 0 Å². The van der Waals surface area contributed by atoms with Crippen molar-refractivity contribution >= 4 is 0 Å². The Labute approximate surface area is 90.8 Å². The summed E-state index contributed by atoms with van der Waals surface area (Å²) in [5.41, 5.74) is -4.62. The Morgan fingerprint density at radius 2 is 1.12 bits per heavy atom. The van der Waals surface area contributed by atoms with Crippen LogP contribution in [0.2, 0.25) is 0 Å². The van der Waals surface area contributed by atoms with E-state index in [2.05, 4.69) is 0 Å². The van der Waals surface area contributed by atoms with E-state index < -0.39 is 37.4 Å². The van der Waals surface area contributed by atoms with Crippen LogP contribution in [0, 0.1) is 0 Å². The van der Waals surface area contributed by atoms with Crippen LogP contribution in [0.4, 0.5) is 35.1 Å². The monoisotopic (exact) mass is 278 g/mol. The second-order valence-electron chi connectivity index (χ2n) is 3.03. The standard InChI is InChI=1S/C4H4F6O.C3H6F2O/c1-2(11,3(5,6)7)4(8,9)10;4-1-3(6)2-5/h11H,1H3;3,6H,1-2H2. The van der Waals surface area contributed by atoms with Gasteiger partial charge in [-0.1, -0.05) is 0 Å². The number of halogens is 8. The summed E-state index contributed by atoms with van der Waals surface area (Å²) in [6, 6.07) is 0. The molecule has 0 bridgehead atoms. The highest BCUT2D eigenvalue weighted by Crippen LogP contribution is 2.42. The van der Waals surface area contributed by atoms with E-state index in [-0.39, 0.29) is 6.92 Å². The molecule has 0 heterocycles. The number of rotatable bonds is 2. The molecule has 0 aliphatic carbocycles. The van der Waals surface area contributed by atoms with E-state index in [4.69, 9.17) is 10.2 Å². The third kappa shape index (κ3) is 6.01. The molecule has 0 atom stereocenters. The maximum Gasteiger partial charge on any atom is 0.425 e. The van der Waals surface area contributed by atoms with Crippen LogP contribution in [0.25, 0.3) is 0 Å². The second kappa shape index (κ2) is 6.34. The summed E-state index contributed by atoms with van der Waals surface area (Å²) in [4.78, 5) is 0. The highest BCUT2D eigenvalue weighted by atomic mass is 19.4. The van der Waals surface area contributed by atoms with Gasteiger partial charge >= 0.3 is 12.4 Å². The summed E-state index contributed by atoms with van der Waals surface area (Å²) in [5.74, 6) is 0. The lowest BCUT2D eigenvalue weighted by molar-refractivity contribution is -0.360. The number of alkyl halides is 8. The average Bonchev–Trinajstić information content (AvgIpc) is 2.14. The van der Waals surface area contributed by atoms with Crippen molar-refractivity contribution in [2.24, 2.45) is 0 Å². The van der Waals surface area contributed by atoms with E-state index in [1.165, 1.54) is 0 Å². The summed E-state index contributed by atoms with van der Waals surface area (Å²) in [6.45, 7) is -2.32. The number of aliphatic hydroxyl groups excluding tert-OH is 1. The van der Waals surface area contributed by atoms with E-state index in [0.29, 0.717) is 0 Å². The van der Waals surface area contributed by atoms with Crippen molar-refractivity contribution in [2.45, 2.75) is 31.0 Å². The van der Waals surface area contributed by atoms with Crippen molar-refractivity contribution in [3.05, 3.63) is 0 Å². The summed E-state index contributed by atoms with van der Waals surface area (Å²) in [5, 5.41) is 15.9. The Kier molecular flexibility index (Phi) is 6.98. The molecule has 0 aliphatic heterocycles. The van der Waals surface area contributed by atoms with Crippen molar-refractivity contribution in [1.29, 1.82) is 0 Å². The van der Waals surface area contributed by atoms with Crippen LogP contribution < -0.4 is 0 Å². The van der Waals surface area contributed by atoms with E-state index >= 15 is 0 Å². The van der Waals surface area contributed by atoms with Gasteiger partial charge in [0.15, 0.2) is 0 Å². The zero-order chi connectivity index (χ0) is 14.5. The van der Waals surface area contributed by atoms with Crippen molar-refractivity contribution in [1.82, 2.24) is 0 Å². The normalized spacial score (nSPS) is 13.4. The molecule has 0 saturated heterocycles. The van der Waals surface area contributed by atoms with Crippen LogP contribution in [-0.4, -0.2) is 47.6 Å². The molecule has 2 N–H and O–H groups in total. The first-order chi connectivity index (χ1) is 7.31. The molecule has 2 nitrogen and oxygen atoms in total. The van der Waals surface area contributed by atoms with Crippen LogP contribution in [-0.2, 0) is 0 Å². The molecule has 0 unspecified atom stereocenters. The fourth-order valence-corrected chi connectivity index (χ4v) is 0.202. The third-order valence-corrected chi connectivity index (χ3v) is 1.46. The minimum Gasteiger partial charge on any atom is -0.388 e. The minimum absolute atomic E-state index is 0.340. The van der Waals surface area contributed by atoms with Crippen LogP contribution >= 0.6 is 0 Å². The molecule has 0 aromatic carbocycles. The largest absolute Gasteiger partial charge is 0.425 e. The first kappa shape index (κ1) is 18.7. The zero-order valence-electron chi connectivity index (χ0n) is 8.41. The molecule has 0 fully saturated rings. The molecule has 0 aliphatic rings. The molecule has 0 spiro atoms. The Balaban J connectivity index is 0. The van der Waals surface area contributed by atoms with Crippen LogP contribution in [0.15, 0.2) is 0 Å². The predicted octanol–water partition coefficient (Wildman–Crippen LogP) is 2.15. The topological polar surface area (TPSA) is 40.5 Å². The average molecular weight is 278 g/mol. The molecule has 17 heavy (non-hydrogen) atoms. The van der Waals surface area contributed by atoms with Crippen LogP contribution in [0.3, 0.4) is 0 Å². The molecule has 10 heteroatoms. The number of aliphatic hydroxyl groups is 2. The maximum atomic E-state index is 11.4. The Morgan fingerprint density at radius 1 is 0.882 bits per heavy atom. The van der Waals surface area contributed by atoms with Gasteiger partial charge < -0.3 is 10.2 Å². The van der Waals surface area contributed by atoms with Gasteiger partial charge in [0, 0.05) is 0 Å². The second-order valence-corrected chi connectivity index (χ2v) is 3.03. The van der Waals surface area contributed by atoms with Gasteiger partial charge in [-0.3, -0.25) is 0 Å². The molecule has 106 valence electrons. The van der Waals surface area contributed by atoms with E-state index in [9.17, 15) is 35.1 Å². The molecule has 0 aromatic rings. The lowest BCUT2D eigenvalue weighted by Crippen LogP contribution is -2.54. The van der Waals surface area contributed by atoms with Crippen molar-refractivity contribution in [3.8, 4) is 0 Å². The lowest BCUT2D eigenvalue weighted by Gasteiger charge is -2.28. The summed E-state index contributed by atoms with van der Waals surface area (Å²) >= 11 is 0. The lowest BCUT2D eigenvalue weighted by atomic mass is 10.1. The van der Waals surface area contributed by atoms with Crippen molar-refractivity contribution < 1.29 is 45.3 Å². The summed E-state index contributed by atoms with van der Waals surface area (Å²) in [6.07, 6.45) is -12.8. The summed E-state index contributed by atoms with van der Waals surface area (Å²) in [7, 11) is 0. The molecule has 0 radical (unpaired) electrons. The van der Waals surface area contributed by atoms with Gasteiger partial charge in [-0.15, -0.1) is 0 Å². The minimum atomic E-state index is -5.69. The summed E-state index contributed by atoms with van der Waals surface area (Å²) < 4.78 is 90.0. The Morgan fingerprint density at radius 3 is 1.12 bits per heavy atom. The van der Waals surface area contributed by atoms with Gasteiger partial charge in [0.1, 0.15) is 19.5 Å². The highest BCUT2D eigenvalue weighted by Gasteiger charge is 2.67. The maximum absolute atomic E-state index is 11.4. The first-order valence-corrected chi connectivity index (χ1v) is 3.97. The molecule has 0 aromatic heterocycles. The molecular weight excluding hydrogens is 268 g/mol. The highest BCUT2D eigenvalue weighted by molar-refractivity contribution is 4.88. The molecule has 0 rings (SSSR count). The zero-order valence-corrected chi connectivity index (χ0v) is 8.41. The first-order valence-electron chi connectivity index (χ1n) is 3.97. The Bertz CT molecular complexity index is 189. The van der Waals surface area contributed by atoms with Gasteiger partial charge in [0.25, 0.3) is 5.60 Å². The SMILES string of the molecule is CC(O)(C(F)(F)F)C(F)(F)F.OC(CF)CF. The van der Waals surface area contributed by atoms with E-state index in [1.807, 2.05) is 0 Å². The molecular formula is C7H10F8O2. The van der Waals surface area contributed by atoms with Gasteiger partial charge in [0.2, 0.25) is 0 Å². The van der Waals surface area contributed by atoms with Crippen LogP contribution in [0.5, 0.6) is 0 Å². The van der Waals surface area contributed by atoms with Gasteiger partial charge in [0.05, 0.1) is 0 Å². The fraction of sp³-hybridized carbons (Fsp3) is 1.00. The molecule has 0 saturated carbocycles. The van der Waals surface area contributed by atoms with Gasteiger partial charge in [-0.2, -0.15) is 26.3 Å². The third-order valence-electron chi connectivity index (χ3n) is 1.46. The van der Waals surface area contributed by atoms with Gasteiger partial charge in [-0.05, 0) is 6.92 Å². The fourth-order valence-electron chi connectivity index (χ4n) is 0.202. The van der Waals surface area contributed by atoms with E-state index in [0.717, 1.165) is 0 Å². The van der Waals surface area contributed by atoms with E-state index in [1.54, 1.807) is 0 Å². The quantitative estimate of drug-likeness (QED) is 0.760. The van der Waals surface area contributed by atoms with Gasteiger partial charge in [-0.25, -0.2) is 8.78 Å². The van der Waals surface area contributed by atoms with Crippen molar-refractivity contribution in [2.75, 3.05) is 13.3 Å². The predicted molar refractivity (Wildman–Crippen MR) is 40.7 cm³/mol. The molecule has 0 amide bonds.